The Kier molecular flexibility index (Phi) is 8.18. The van der Waals surface area contributed by atoms with Crippen molar-refractivity contribution in [2.45, 2.75) is 39.8 Å². The summed E-state index contributed by atoms with van der Waals surface area (Å²) in [5.41, 5.74) is 3.71. The minimum Gasteiger partial charge on any atom is -0.371 e. The molecule has 2 aliphatic heterocycles. The van der Waals surface area contributed by atoms with Gasteiger partial charge in [0, 0.05) is 55.7 Å². The monoisotopic (exact) mass is 461 g/mol. The summed E-state index contributed by atoms with van der Waals surface area (Å²) in [6.07, 6.45) is 4.64. The molecular formula is C23H32BrN3O2. The first-order valence-corrected chi connectivity index (χ1v) is 11.3. The van der Waals surface area contributed by atoms with Crippen LogP contribution in [0.3, 0.4) is 0 Å². The van der Waals surface area contributed by atoms with Crippen LogP contribution in [0, 0.1) is 12.8 Å². The van der Waals surface area contributed by atoms with E-state index in [-0.39, 0.29) is 24.4 Å². The van der Waals surface area contributed by atoms with Crippen molar-refractivity contribution in [3.8, 4) is 0 Å². The fraction of sp³-hybridized carbons (Fsp3) is 0.565. The fourth-order valence-electron chi connectivity index (χ4n) is 3.80. The molecule has 6 heteroatoms. The van der Waals surface area contributed by atoms with Gasteiger partial charge in [-0.3, -0.25) is 19.6 Å². The maximum Gasteiger partial charge on any atom is 0.167 e. The van der Waals surface area contributed by atoms with Crippen molar-refractivity contribution in [1.82, 2.24) is 9.80 Å². The fourth-order valence-corrected chi connectivity index (χ4v) is 4.28. The number of nitrogens with zero attached hydrogens (tertiary/aromatic N) is 3. The van der Waals surface area contributed by atoms with Gasteiger partial charge < -0.3 is 4.74 Å². The summed E-state index contributed by atoms with van der Waals surface area (Å²) in [5.74, 6) is 0.00773. The van der Waals surface area contributed by atoms with Crippen LogP contribution >= 0.6 is 15.9 Å². The van der Waals surface area contributed by atoms with E-state index < -0.39 is 0 Å². The summed E-state index contributed by atoms with van der Waals surface area (Å²) in [4.78, 5) is 22.1. The molecule has 1 aromatic rings. The number of benzene rings is 1. The number of ether oxygens (including phenoxy) is 1. The van der Waals surface area contributed by atoms with Gasteiger partial charge in [-0.1, -0.05) is 28.1 Å². The zero-order chi connectivity index (χ0) is 20.8. The van der Waals surface area contributed by atoms with Crippen LogP contribution in [0.15, 0.2) is 39.9 Å². The van der Waals surface area contributed by atoms with E-state index in [1.54, 1.807) is 0 Å². The highest BCUT2D eigenvalue weighted by Gasteiger charge is 2.28. The zero-order valence-electron chi connectivity index (χ0n) is 17.7. The molecule has 2 heterocycles. The number of ketones is 1. The largest absolute Gasteiger partial charge is 0.371 e. The number of halogens is 1. The molecule has 2 aliphatic rings. The van der Waals surface area contributed by atoms with Crippen LogP contribution in [-0.4, -0.2) is 66.7 Å². The number of hydrogen-bond donors (Lipinski definition) is 0. The first-order chi connectivity index (χ1) is 13.9. The van der Waals surface area contributed by atoms with Gasteiger partial charge in [0.2, 0.25) is 0 Å². The molecule has 1 atom stereocenters. The average Bonchev–Trinajstić information content (AvgIpc) is 2.70. The number of allylic oxidation sites excluding steroid dienone is 1. The molecule has 0 aromatic heterocycles. The highest BCUT2D eigenvalue weighted by atomic mass is 79.9. The Morgan fingerprint density at radius 2 is 1.90 bits per heavy atom. The van der Waals surface area contributed by atoms with Gasteiger partial charge in [0.1, 0.15) is 6.61 Å². The minimum absolute atomic E-state index is 0.0703. The third-order valence-corrected chi connectivity index (χ3v) is 6.11. The van der Waals surface area contributed by atoms with Crippen molar-refractivity contribution in [2.75, 3.05) is 39.3 Å². The van der Waals surface area contributed by atoms with Crippen molar-refractivity contribution in [2.24, 2.45) is 10.9 Å². The summed E-state index contributed by atoms with van der Waals surface area (Å²) in [6, 6.07) is 6.51. The molecule has 1 fully saturated rings. The molecule has 0 N–H and O–H groups in total. The lowest BCUT2D eigenvalue weighted by Crippen LogP contribution is -2.49. The standard InChI is InChI=1S/C23H32BrN3O2/c1-17(2)29-16-23(28)21-5-4-8-25-22(21)15-27-11-9-26(10-12-27)14-19-6-7-20(24)13-18(19)3/h4,6-8,13,17,21H,5,9-12,14-16H2,1-3H3. The van der Waals surface area contributed by atoms with Crippen molar-refractivity contribution in [1.29, 1.82) is 0 Å². The summed E-state index contributed by atoms with van der Waals surface area (Å²) >= 11 is 3.54. The summed E-state index contributed by atoms with van der Waals surface area (Å²) in [5, 5.41) is 0. The molecule has 0 radical (unpaired) electrons. The van der Waals surface area contributed by atoms with E-state index in [9.17, 15) is 4.79 Å². The van der Waals surface area contributed by atoms with Crippen molar-refractivity contribution in [3.63, 3.8) is 0 Å². The molecule has 158 valence electrons. The van der Waals surface area contributed by atoms with Crippen LogP contribution in [-0.2, 0) is 16.1 Å². The van der Waals surface area contributed by atoms with Gasteiger partial charge in [-0.25, -0.2) is 0 Å². The molecule has 0 aliphatic carbocycles. The Labute approximate surface area is 182 Å². The van der Waals surface area contributed by atoms with E-state index in [1.807, 2.05) is 26.1 Å². The second kappa shape index (κ2) is 10.6. The van der Waals surface area contributed by atoms with Crippen molar-refractivity contribution < 1.29 is 9.53 Å². The molecule has 1 unspecified atom stereocenters. The number of hydrogen-bond acceptors (Lipinski definition) is 5. The smallest absolute Gasteiger partial charge is 0.167 e. The molecule has 3 rings (SSSR count). The summed E-state index contributed by atoms with van der Waals surface area (Å²) in [6.45, 7) is 12.1. The van der Waals surface area contributed by atoms with Gasteiger partial charge in [-0.2, -0.15) is 0 Å². The van der Waals surface area contributed by atoms with Crippen molar-refractivity contribution >= 4 is 27.4 Å². The Balaban J connectivity index is 1.50. The Bertz CT molecular complexity index is 767. The van der Waals surface area contributed by atoms with Gasteiger partial charge in [-0.15, -0.1) is 0 Å². The normalized spacial score (nSPS) is 20.9. The van der Waals surface area contributed by atoms with Crippen LogP contribution in [0.4, 0.5) is 0 Å². The molecule has 29 heavy (non-hydrogen) atoms. The Morgan fingerprint density at radius 1 is 1.21 bits per heavy atom. The maximum absolute atomic E-state index is 12.6. The van der Waals surface area contributed by atoms with Gasteiger partial charge in [0.25, 0.3) is 0 Å². The zero-order valence-corrected chi connectivity index (χ0v) is 19.3. The van der Waals surface area contributed by atoms with Gasteiger partial charge in [0.05, 0.1) is 12.0 Å². The second-order valence-corrected chi connectivity index (χ2v) is 9.16. The lowest BCUT2D eigenvalue weighted by molar-refractivity contribution is -0.126. The highest BCUT2D eigenvalue weighted by molar-refractivity contribution is 9.10. The molecule has 1 aromatic carbocycles. The van der Waals surface area contributed by atoms with E-state index in [0.717, 1.165) is 55.9 Å². The van der Waals surface area contributed by atoms with Crippen LogP contribution in [0.2, 0.25) is 0 Å². The van der Waals surface area contributed by atoms with E-state index in [4.69, 9.17) is 4.74 Å². The van der Waals surface area contributed by atoms with Crippen molar-refractivity contribution in [3.05, 3.63) is 46.1 Å². The Morgan fingerprint density at radius 3 is 2.55 bits per heavy atom. The van der Waals surface area contributed by atoms with Gasteiger partial charge in [0.15, 0.2) is 5.78 Å². The third kappa shape index (κ3) is 6.57. The Hall–Kier alpha value is -1.34. The minimum atomic E-state index is -0.137. The number of Topliss-reactive ketones (excluding diaryl/α,β-unsaturated/α-hetero) is 1. The van der Waals surface area contributed by atoms with Gasteiger partial charge >= 0.3 is 0 Å². The lowest BCUT2D eigenvalue weighted by atomic mass is 9.92. The topological polar surface area (TPSA) is 45.1 Å². The molecule has 5 nitrogen and oxygen atoms in total. The van der Waals surface area contributed by atoms with E-state index in [1.165, 1.54) is 11.1 Å². The van der Waals surface area contributed by atoms with E-state index in [0.29, 0.717) is 0 Å². The maximum atomic E-state index is 12.6. The quantitative estimate of drug-likeness (QED) is 0.589. The number of aryl methyl sites for hydroxylation is 1. The second-order valence-electron chi connectivity index (χ2n) is 8.24. The number of carbonyl (C=O) groups excluding carboxylic acids is 1. The molecule has 1 saturated heterocycles. The number of carbonyl (C=O) groups is 1. The molecular weight excluding hydrogens is 430 g/mol. The SMILES string of the molecule is Cc1cc(Br)ccc1CN1CCN(CC2=NC=CCC2C(=O)COC(C)C)CC1. The first kappa shape index (κ1) is 22.3. The van der Waals surface area contributed by atoms with Crippen LogP contribution < -0.4 is 0 Å². The lowest BCUT2D eigenvalue weighted by Gasteiger charge is -2.36. The third-order valence-electron chi connectivity index (χ3n) is 5.62. The summed E-state index contributed by atoms with van der Waals surface area (Å²) in [7, 11) is 0. The van der Waals surface area contributed by atoms with Crippen LogP contribution in [0.5, 0.6) is 0 Å². The number of rotatable bonds is 8. The molecule has 0 bridgehead atoms. The molecule has 0 saturated carbocycles. The van der Waals surface area contributed by atoms with E-state index >= 15 is 0 Å². The molecule has 0 amide bonds. The van der Waals surface area contributed by atoms with E-state index in [2.05, 4.69) is 55.8 Å². The first-order valence-electron chi connectivity index (χ1n) is 10.5. The predicted octanol–water partition coefficient (Wildman–Crippen LogP) is 3.84. The highest BCUT2D eigenvalue weighted by Crippen LogP contribution is 2.19. The van der Waals surface area contributed by atoms with Crippen LogP contribution in [0.25, 0.3) is 0 Å². The summed E-state index contributed by atoms with van der Waals surface area (Å²) < 4.78 is 6.66. The average molecular weight is 462 g/mol. The predicted molar refractivity (Wildman–Crippen MR) is 121 cm³/mol. The van der Waals surface area contributed by atoms with Gasteiger partial charge in [-0.05, 0) is 50.5 Å². The number of piperazine rings is 1. The van der Waals surface area contributed by atoms with Crippen LogP contribution in [0.1, 0.15) is 31.4 Å². The number of aliphatic imine (C=N–C) groups is 1. The molecule has 0 spiro atoms.